The number of hydrogen-bond donors (Lipinski definition) is 1. The Morgan fingerprint density at radius 1 is 1.16 bits per heavy atom. The summed E-state index contributed by atoms with van der Waals surface area (Å²) in [6.45, 7) is 4.34. The number of imide groups is 1. The van der Waals surface area contributed by atoms with Crippen LogP contribution < -0.4 is 5.32 Å². The summed E-state index contributed by atoms with van der Waals surface area (Å²) in [6.07, 6.45) is 3.93. The number of amides is 3. The van der Waals surface area contributed by atoms with Gasteiger partial charge in [0.05, 0.1) is 10.5 Å². The highest BCUT2D eigenvalue weighted by atomic mass is 32.1. The van der Waals surface area contributed by atoms with Crippen LogP contribution in [0.3, 0.4) is 0 Å². The lowest BCUT2D eigenvalue weighted by molar-refractivity contribution is -0.385. The third kappa shape index (κ3) is 4.98. The molecule has 3 rings (SSSR count). The average Bonchev–Trinajstić information content (AvgIpc) is 3.32. The molecular formula is C21H25N5O5S. The molecule has 11 heteroatoms. The molecule has 1 aliphatic heterocycles. The summed E-state index contributed by atoms with van der Waals surface area (Å²) in [5.74, 6) is -0.967. The van der Waals surface area contributed by atoms with Gasteiger partial charge >= 0.3 is 0 Å². The van der Waals surface area contributed by atoms with Gasteiger partial charge in [0.25, 0.3) is 17.5 Å². The van der Waals surface area contributed by atoms with E-state index in [9.17, 15) is 24.5 Å². The molecule has 10 nitrogen and oxygen atoms in total. The zero-order valence-electron chi connectivity index (χ0n) is 18.0. The van der Waals surface area contributed by atoms with Crippen LogP contribution in [0.1, 0.15) is 84.0 Å². The minimum absolute atomic E-state index is 0.0633. The van der Waals surface area contributed by atoms with E-state index in [-0.39, 0.29) is 35.7 Å². The van der Waals surface area contributed by atoms with E-state index in [4.69, 9.17) is 0 Å². The zero-order chi connectivity index (χ0) is 23.3. The van der Waals surface area contributed by atoms with Gasteiger partial charge in [-0.3, -0.25) is 29.4 Å². The van der Waals surface area contributed by atoms with Gasteiger partial charge in [0, 0.05) is 24.9 Å². The molecule has 0 spiro atoms. The van der Waals surface area contributed by atoms with Gasteiger partial charge in [-0.15, -0.1) is 10.2 Å². The number of carbonyl (C=O) groups is 3. The normalized spacial score (nSPS) is 13.0. The fourth-order valence-corrected chi connectivity index (χ4v) is 4.70. The number of hydrogen-bond acceptors (Lipinski definition) is 8. The molecule has 1 aromatic carbocycles. The molecule has 3 amide bonds. The Balaban J connectivity index is 1.44. The lowest BCUT2D eigenvalue weighted by Gasteiger charge is -2.13. The summed E-state index contributed by atoms with van der Waals surface area (Å²) in [7, 11) is 0. The number of rotatable bonds is 11. The molecule has 32 heavy (non-hydrogen) atoms. The third-order valence-corrected chi connectivity index (χ3v) is 6.48. The van der Waals surface area contributed by atoms with E-state index >= 15 is 0 Å². The van der Waals surface area contributed by atoms with Crippen LogP contribution in [0.2, 0.25) is 0 Å². The highest BCUT2D eigenvalue weighted by molar-refractivity contribution is 7.15. The predicted octanol–water partition coefficient (Wildman–Crippen LogP) is 4.15. The molecule has 0 saturated heterocycles. The Hall–Kier alpha value is -3.21. The first-order chi connectivity index (χ1) is 15.4. The SMILES string of the molecule is CCC(CC)c1nnc(NC(=O)CCCCCN2C(=O)c3cccc([N+](=O)[O-])c3C2=O)s1. The summed E-state index contributed by atoms with van der Waals surface area (Å²) >= 11 is 1.39. The van der Waals surface area contributed by atoms with Gasteiger partial charge in [0.1, 0.15) is 10.6 Å². The number of nitro groups is 1. The first-order valence-electron chi connectivity index (χ1n) is 10.6. The molecule has 0 fully saturated rings. The fraction of sp³-hybridized carbons (Fsp3) is 0.476. The van der Waals surface area contributed by atoms with Gasteiger partial charge in [0.15, 0.2) is 0 Å². The minimum atomic E-state index is -0.655. The van der Waals surface area contributed by atoms with Crippen molar-refractivity contribution in [3.63, 3.8) is 0 Å². The topological polar surface area (TPSA) is 135 Å². The van der Waals surface area contributed by atoms with Crippen LogP contribution in [0.4, 0.5) is 10.8 Å². The molecule has 0 atom stereocenters. The smallest absolute Gasteiger partial charge is 0.282 e. The number of anilines is 1. The Morgan fingerprint density at radius 3 is 2.59 bits per heavy atom. The van der Waals surface area contributed by atoms with Crippen LogP contribution in [0.5, 0.6) is 0 Å². The predicted molar refractivity (Wildman–Crippen MR) is 119 cm³/mol. The van der Waals surface area contributed by atoms with E-state index in [2.05, 4.69) is 29.4 Å². The summed E-state index contributed by atoms with van der Waals surface area (Å²) in [6, 6.07) is 4.04. The number of benzene rings is 1. The number of carbonyl (C=O) groups excluding carboxylic acids is 3. The Morgan fingerprint density at radius 2 is 1.91 bits per heavy atom. The molecular weight excluding hydrogens is 434 g/mol. The van der Waals surface area contributed by atoms with E-state index in [0.717, 1.165) is 22.7 Å². The molecule has 2 aromatic rings. The maximum atomic E-state index is 12.5. The molecule has 0 saturated carbocycles. The van der Waals surface area contributed by atoms with Gasteiger partial charge in [-0.1, -0.05) is 37.7 Å². The van der Waals surface area contributed by atoms with Gasteiger partial charge < -0.3 is 5.32 Å². The van der Waals surface area contributed by atoms with Crippen molar-refractivity contribution < 1.29 is 19.3 Å². The van der Waals surface area contributed by atoms with Crippen LogP contribution in [0, 0.1) is 10.1 Å². The van der Waals surface area contributed by atoms with Crippen LogP contribution >= 0.6 is 11.3 Å². The maximum absolute atomic E-state index is 12.5. The third-order valence-electron chi connectivity index (χ3n) is 5.48. The molecule has 0 unspecified atom stereocenters. The number of nitrogens with zero attached hydrogens (tertiary/aromatic N) is 4. The second kappa shape index (κ2) is 10.4. The maximum Gasteiger partial charge on any atom is 0.282 e. The van der Waals surface area contributed by atoms with Crippen molar-refractivity contribution in [3.8, 4) is 0 Å². The number of fused-ring (bicyclic) bond motifs is 1. The first-order valence-corrected chi connectivity index (χ1v) is 11.5. The van der Waals surface area contributed by atoms with E-state index in [0.29, 0.717) is 30.3 Å². The second-order valence-electron chi connectivity index (χ2n) is 7.54. The molecule has 1 N–H and O–H groups in total. The van der Waals surface area contributed by atoms with Crippen LogP contribution in [0.25, 0.3) is 0 Å². The minimum Gasteiger partial charge on any atom is -0.301 e. The summed E-state index contributed by atoms with van der Waals surface area (Å²) < 4.78 is 0. The standard InChI is InChI=1S/C21H25N5O5S/c1-3-13(4-2)18-23-24-21(32-18)22-16(27)11-6-5-7-12-25-19(28)14-9-8-10-15(26(30)31)17(14)20(25)29/h8-10,13H,3-7,11-12H2,1-2H3,(H,22,24,27). The van der Waals surface area contributed by atoms with Gasteiger partial charge in [-0.25, -0.2) is 0 Å². The molecule has 1 aromatic heterocycles. The molecule has 0 bridgehead atoms. The second-order valence-corrected chi connectivity index (χ2v) is 8.55. The van der Waals surface area contributed by atoms with E-state index in [1.54, 1.807) is 0 Å². The van der Waals surface area contributed by atoms with Crippen molar-refractivity contribution in [2.24, 2.45) is 0 Å². The van der Waals surface area contributed by atoms with Crippen LogP contribution in [0.15, 0.2) is 18.2 Å². The lowest BCUT2D eigenvalue weighted by Crippen LogP contribution is -2.30. The average molecular weight is 460 g/mol. The number of nitro benzene ring substituents is 1. The molecule has 0 radical (unpaired) electrons. The first kappa shape index (κ1) is 23.5. The van der Waals surface area contributed by atoms with Gasteiger partial charge in [-0.2, -0.15) is 0 Å². The summed E-state index contributed by atoms with van der Waals surface area (Å²) in [5, 5.41) is 23.5. The van der Waals surface area contributed by atoms with Crippen LogP contribution in [-0.2, 0) is 4.79 Å². The molecule has 0 aliphatic carbocycles. The molecule has 170 valence electrons. The van der Waals surface area contributed by atoms with Crippen molar-refractivity contribution in [2.75, 3.05) is 11.9 Å². The van der Waals surface area contributed by atoms with Gasteiger partial charge in [0.2, 0.25) is 11.0 Å². The quantitative estimate of drug-likeness (QED) is 0.231. The zero-order valence-corrected chi connectivity index (χ0v) is 18.8. The largest absolute Gasteiger partial charge is 0.301 e. The van der Waals surface area contributed by atoms with Crippen molar-refractivity contribution in [1.82, 2.24) is 15.1 Å². The summed E-state index contributed by atoms with van der Waals surface area (Å²) in [4.78, 5) is 48.7. The summed E-state index contributed by atoms with van der Waals surface area (Å²) in [5.41, 5.74) is -0.441. The number of aromatic nitrogens is 2. The Bertz CT molecular complexity index is 1030. The van der Waals surface area contributed by atoms with E-state index in [1.807, 2.05) is 0 Å². The van der Waals surface area contributed by atoms with Crippen molar-refractivity contribution in [2.45, 2.75) is 58.3 Å². The molecule has 2 heterocycles. The van der Waals surface area contributed by atoms with Crippen LogP contribution in [-0.4, -0.2) is 44.3 Å². The molecule has 1 aliphatic rings. The van der Waals surface area contributed by atoms with E-state index in [1.165, 1.54) is 29.5 Å². The highest BCUT2D eigenvalue weighted by Crippen LogP contribution is 2.31. The Labute approximate surface area is 189 Å². The fourth-order valence-electron chi connectivity index (χ4n) is 3.67. The van der Waals surface area contributed by atoms with Crippen molar-refractivity contribution in [3.05, 3.63) is 44.4 Å². The highest BCUT2D eigenvalue weighted by Gasteiger charge is 2.40. The Kier molecular flexibility index (Phi) is 7.62. The lowest BCUT2D eigenvalue weighted by atomic mass is 10.1. The van der Waals surface area contributed by atoms with Gasteiger partial charge in [-0.05, 0) is 31.7 Å². The van der Waals surface area contributed by atoms with Crippen molar-refractivity contribution >= 4 is 39.9 Å². The van der Waals surface area contributed by atoms with Crippen molar-refractivity contribution in [1.29, 1.82) is 0 Å². The van der Waals surface area contributed by atoms with E-state index < -0.39 is 16.7 Å². The number of nitrogens with one attached hydrogen (secondary N) is 1. The number of unbranched alkanes of at least 4 members (excludes halogenated alkanes) is 2. The monoisotopic (exact) mass is 459 g/mol.